The Morgan fingerprint density at radius 2 is 1.90 bits per heavy atom. The fraction of sp³-hybridized carbons (Fsp3) is 0.133. The molecule has 0 saturated heterocycles. The summed E-state index contributed by atoms with van der Waals surface area (Å²) in [5.41, 5.74) is 2.61. The number of carbonyl (C=O) groups is 1. The van der Waals surface area contributed by atoms with Gasteiger partial charge in [-0.3, -0.25) is 0 Å². The van der Waals surface area contributed by atoms with Gasteiger partial charge in [-0.2, -0.15) is 0 Å². The monoisotopic (exact) mass is 267 g/mol. The molecule has 0 amide bonds. The van der Waals surface area contributed by atoms with Gasteiger partial charge in [0.25, 0.3) is 0 Å². The largest absolute Gasteiger partial charge is 0.478 e. The predicted molar refractivity (Wildman–Crippen MR) is 74.6 cm³/mol. The zero-order valence-corrected chi connectivity index (χ0v) is 10.7. The Morgan fingerprint density at radius 3 is 2.65 bits per heavy atom. The molecule has 0 fully saturated rings. The molecule has 0 spiro atoms. The molecule has 5 nitrogen and oxygen atoms in total. The average Bonchev–Trinajstić information content (AvgIpc) is 2.89. The highest BCUT2D eigenvalue weighted by Gasteiger charge is 2.14. The molecule has 0 saturated carbocycles. The van der Waals surface area contributed by atoms with E-state index in [0.717, 1.165) is 6.42 Å². The van der Waals surface area contributed by atoms with Crippen molar-refractivity contribution < 1.29 is 9.90 Å². The molecule has 0 atom stereocenters. The van der Waals surface area contributed by atoms with Gasteiger partial charge in [0.05, 0.1) is 5.56 Å². The van der Waals surface area contributed by atoms with E-state index in [4.69, 9.17) is 0 Å². The summed E-state index contributed by atoms with van der Waals surface area (Å²) in [7, 11) is 0. The predicted octanol–water partition coefficient (Wildman–Crippen LogP) is 2.37. The molecule has 20 heavy (non-hydrogen) atoms. The zero-order chi connectivity index (χ0) is 13.9. The lowest BCUT2D eigenvalue weighted by atomic mass is 10.1. The minimum Gasteiger partial charge on any atom is -0.478 e. The fourth-order valence-electron chi connectivity index (χ4n) is 2.24. The number of para-hydroxylation sites is 1. The molecule has 1 N–H and O–H groups in total. The van der Waals surface area contributed by atoms with Gasteiger partial charge in [0.2, 0.25) is 0 Å². The summed E-state index contributed by atoms with van der Waals surface area (Å²) in [4.78, 5) is 11.3. The summed E-state index contributed by atoms with van der Waals surface area (Å²) < 4.78 is 1.66. The molecule has 100 valence electrons. The van der Waals surface area contributed by atoms with Gasteiger partial charge in [0.15, 0.2) is 0 Å². The molecule has 2 aromatic carbocycles. The number of aromatic nitrogens is 3. The number of fused-ring (bicyclic) bond motifs is 1. The van der Waals surface area contributed by atoms with E-state index in [0.29, 0.717) is 17.6 Å². The Balaban J connectivity index is 1.94. The van der Waals surface area contributed by atoms with E-state index >= 15 is 0 Å². The average molecular weight is 267 g/mol. The number of aromatic carboxylic acids is 1. The molecule has 0 bridgehead atoms. The maximum Gasteiger partial charge on any atom is 0.337 e. The van der Waals surface area contributed by atoms with E-state index in [1.54, 1.807) is 22.9 Å². The van der Waals surface area contributed by atoms with Gasteiger partial charge in [0.1, 0.15) is 11.0 Å². The second kappa shape index (κ2) is 5.13. The van der Waals surface area contributed by atoms with Crippen molar-refractivity contribution in [2.45, 2.75) is 13.0 Å². The normalized spacial score (nSPS) is 10.8. The second-order valence-corrected chi connectivity index (χ2v) is 4.53. The molecular formula is C15H13N3O2. The van der Waals surface area contributed by atoms with Gasteiger partial charge in [-0.15, -0.1) is 5.10 Å². The molecule has 0 aliphatic heterocycles. The minimum atomic E-state index is -0.959. The highest BCUT2D eigenvalue weighted by molar-refractivity contribution is 6.00. The number of aryl methyl sites for hydroxylation is 2. The van der Waals surface area contributed by atoms with Gasteiger partial charge in [0, 0.05) is 6.54 Å². The molecular weight excluding hydrogens is 254 g/mol. The SMILES string of the molecule is O=C(O)c1cccc2nnn(CCc3ccccc3)c12. The highest BCUT2D eigenvalue weighted by atomic mass is 16.4. The fourth-order valence-corrected chi connectivity index (χ4v) is 2.24. The number of hydrogen-bond acceptors (Lipinski definition) is 3. The Kier molecular flexibility index (Phi) is 3.16. The lowest BCUT2D eigenvalue weighted by molar-refractivity contribution is 0.0698. The van der Waals surface area contributed by atoms with E-state index in [1.165, 1.54) is 5.56 Å². The first-order valence-corrected chi connectivity index (χ1v) is 6.35. The van der Waals surface area contributed by atoms with Crippen molar-refractivity contribution in [2.24, 2.45) is 0 Å². The van der Waals surface area contributed by atoms with E-state index in [-0.39, 0.29) is 5.56 Å². The Hall–Kier alpha value is -2.69. The summed E-state index contributed by atoms with van der Waals surface area (Å²) >= 11 is 0. The second-order valence-electron chi connectivity index (χ2n) is 4.53. The van der Waals surface area contributed by atoms with Crippen LogP contribution in [0.15, 0.2) is 48.5 Å². The van der Waals surface area contributed by atoms with Crippen molar-refractivity contribution in [3.05, 3.63) is 59.7 Å². The van der Waals surface area contributed by atoms with E-state index in [9.17, 15) is 9.90 Å². The maximum absolute atomic E-state index is 11.3. The van der Waals surface area contributed by atoms with E-state index < -0.39 is 5.97 Å². The van der Waals surface area contributed by atoms with Gasteiger partial charge >= 0.3 is 5.97 Å². The van der Waals surface area contributed by atoms with Crippen LogP contribution in [-0.4, -0.2) is 26.1 Å². The van der Waals surface area contributed by atoms with Crippen molar-refractivity contribution in [1.29, 1.82) is 0 Å². The summed E-state index contributed by atoms with van der Waals surface area (Å²) in [6.45, 7) is 0.602. The third-order valence-corrected chi connectivity index (χ3v) is 3.22. The molecule has 3 rings (SSSR count). The van der Waals surface area contributed by atoms with Crippen LogP contribution in [0.25, 0.3) is 11.0 Å². The quantitative estimate of drug-likeness (QED) is 0.788. The van der Waals surface area contributed by atoms with Crippen LogP contribution < -0.4 is 0 Å². The topological polar surface area (TPSA) is 68.0 Å². The number of nitrogens with zero attached hydrogens (tertiary/aromatic N) is 3. The lowest BCUT2D eigenvalue weighted by Crippen LogP contribution is -2.07. The van der Waals surface area contributed by atoms with Crippen molar-refractivity contribution in [3.63, 3.8) is 0 Å². The number of rotatable bonds is 4. The van der Waals surface area contributed by atoms with Crippen LogP contribution in [-0.2, 0) is 13.0 Å². The molecule has 0 radical (unpaired) electrons. The highest BCUT2D eigenvalue weighted by Crippen LogP contribution is 2.17. The molecule has 3 aromatic rings. The Morgan fingerprint density at radius 1 is 1.10 bits per heavy atom. The van der Waals surface area contributed by atoms with Crippen LogP contribution >= 0.6 is 0 Å². The van der Waals surface area contributed by atoms with Crippen LogP contribution in [0.2, 0.25) is 0 Å². The van der Waals surface area contributed by atoms with Crippen molar-refractivity contribution in [3.8, 4) is 0 Å². The van der Waals surface area contributed by atoms with Crippen molar-refractivity contribution >= 4 is 17.0 Å². The number of carboxylic acids is 1. The number of benzene rings is 2. The zero-order valence-electron chi connectivity index (χ0n) is 10.7. The standard InChI is InChI=1S/C15H13N3O2/c19-15(20)12-7-4-8-13-14(12)18(17-16-13)10-9-11-5-2-1-3-6-11/h1-8H,9-10H2,(H,19,20). The lowest BCUT2D eigenvalue weighted by Gasteiger charge is -2.04. The van der Waals surface area contributed by atoms with E-state index in [2.05, 4.69) is 10.3 Å². The first-order valence-electron chi connectivity index (χ1n) is 6.35. The molecule has 5 heteroatoms. The maximum atomic E-state index is 11.3. The first kappa shape index (κ1) is 12.3. The van der Waals surface area contributed by atoms with Gasteiger partial charge < -0.3 is 5.11 Å². The van der Waals surface area contributed by atoms with Crippen LogP contribution in [0.4, 0.5) is 0 Å². The van der Waals surface area contributed by atoms with Crippen molar-refractivity contribution in [2.75, 3.05) is 0 Å². The summed E-state index contributed by atoms with van der Waals surface area (Å²) in [6.07, 6.45) is 0.785. The molecule has 0 unspecified atom stereocenters. The summed E-state index contributed by atoms with van der Waals surface area (Å²) in [5.74, 6) is -0.959. The van der Waals surface area contributed by atoms with E-state index in [1.807, 2.05) is 30.3 Å². The number of carboxylic acid groups (broad SMARTS) is 1. The molecule has 0 aliphatic carbocycles. The van der Waals surface area contributed by atoms with Gasteiger partial charge in [-0.25, -0.2) is 9.48 Å². The Bertz CT molecular complexity index is 750. The summed E-state index contributed by atoms with van der Waals surface area (Å²) in [5, 5.41) is 17.3. The van der Waals surface area contributed by atoms with Gasteiger partial charge in [-0.1, -0.05) is 41.6 Å². The van der Waals surface area contributed by atoms with Crippen LogP contribution in [0.5, 0.6) is 0 Å². The van der Waals surface area contributed by atoms with Crippen LogP contribution in [0.1, 0.15) is 15.9 Å². The molecule has 1 heterocycles. The first-order chi connectivity index (χ1) is 9.75. The van der Waals surface area contributed by atoms with Crippen molar-refractivity contribution in [1.82, 2.24) is 15.0 Å². The molecule has 1 aromatic heterocycles. The van der Waals surface area contributed by atoms with Crippen LogP contribution in [0.3, 0.4) is 0 Å². The number of hydrogen-bond donors (Lipinski definition) is 1. The smallest absolute Gasteiger partial charge is 0.337 e. The Labute approximate surface area is 115 Å². The minimum absolute atomic E-state index is 0.237. The third-order valence-electron chi connectivity index (χ3n) is 3.22. The molecule has 0 aliphatic rings. The van der Waals surface area contributed by atoms with Gasteiger partial charge in [-0.05, 0) is 24.1 Å². The summed E-state index contributed by atoms with van der Waals surface area (Å²) in [6, 6.07) is 15.0. The third kappa shape index (κ3) is 2.25. The van der Waals surface area contributed by atoms with Crippen LogP contribution in [0, 0.1) is 0 Å².